The fraction of sp³-hybridized carbons (Fsp3) is 0.500. The van der Waals surface area contributed by atoms with Crippen molar-refractivity contribution in [2.45, 2.75) is 32.4 Å². The molecule has 0 bridgehead atoms. The van der Waals surface area contributed by atoms with E-state index in [0.29, 0.717) is 17.9 Å². The van der Waals surface area contributed by atoms with Gasteiger partial charge in [0.25, 0.3) is 0 Å². The van der Waals surface area contributed by atoms with Gasteiger partial charge in [0.05, 0.1) is 23.0 Å². The second kappa shape index (κ2) is 6.40. The van der Waals surface area contributed by atoms with Crippen molar-refractivity contribution in [2.75, 3.05) is 5.75 Å². The van der Waals surface area contributed by atoms with E-state index in [0.717, 1.165) is 5.56 Å². The predicted molar refractivity (Wildman–Crippen MR) is 77.6 cm³/mol. The number of hydrogen-bond donors (Lipinski definition) is 0. The molecule has 0 saturated carbocycles. The summed E-state index contributed by atoms with van der Waals surface area (Å²) in [6.45, 7) is 3.64. The fourth-order valence-corrected chi connectivity index (χ4v) is 3.25. The molecule has 0 N–H and O–H groups in total. The molecule has 0 radical (unpaired) electrons. The molecule has 5 heteroatoms. The zero-order valence-corrected chi connectivity index (χ0v) is 12.8. The van der Waals surface area contributed by atoms with Crippen LogP contribution >= 0.6 is 11.6 Å². The molecule has 0 aliphatic carbocycles. The Morgan fingerprint density at radius 3 is 2.37 bits per heavy atom. The Labute approximate surface area is 120 Å². The van der Waals surface area contributed by atoms with Crippen LogP contribution in [-0.2, 0) is 15.6 Å². The zero-order valence-electron chi connectivity index (χ0n) is 11.2. The van der Waals surface area contributed by atoms with Gasteiger partial charge in [-0.15, -0.1) is 0 Å². The van der Waals surface area contributed by atoms with Gasteiger partial charge in [-0.2, -0.15) is 5.26 Å². The molecule has 3 nitrogen and oxygen atoms in total. The average Bonchev–Trinajstić information content (AvgIpc) is 2.31. The minimum absolute atomic E-state index is 0.0250. The van der Waals surface area contributed by atoms with Gasteiger partial charge in [-0.3, -0.25) is 0 Å². The number of benzene rings is 1. The van der Waals surface area contributed by atoms with E-state index in [9.17, 15) is 8.42 Å². The molecule has 104 valence electrons. The normalized spacial score (nSPS) is 12.1. The van der Waals surface area contributed by atoms with E-state index in [2.05, 4.69) is 6.07 Å². The van der Waals surface area contributed by atoms with Crippen molar-refractivity contribution >= 4 is 21.4 Å². The van der Waals surface area contributed by atoms with Gasteiger partial charge in [-0.1, -0.05) is 23.7 Å². The van der Waals surface area contributed by atoms with Gasteiger partial charge in [0, 0.05) is 5.02 Å². The molecule has 0 amide bonds. The molecule has 0 fully saturated rings. The number of sulfone groups is 1. The van der Waals surface area contributed by atoms with Crippen LogP contribution in [0, 0.1) is 16.7 Å². The summed E-state index contributed by atoms with van der Waals surface area (Å²) in [5, 5.41) is 9.47. The van der Waals surface area contributed by atoms with Gasteiger partial charge in [0.1, 0.15) is 0 Å². The monoisotopic (exact) mass is 299 g/mol. The fourth-order valence-electron chi connectivity index (χ4n) is 1.70. The lowest BCUT2D eigenvalue weighted by Gasteiger charge is -2.14. The Morgan fingerprint density at radius 1 is 1.26 bits per heavy atom. The van der Waals surface area contributed by atoms with Crippen molar-refractivity contribution in [2.24, 2.45) is 5.41 Å². The Hall–Kier alpha value is -1.05. The molecule has 19 heavy (non-hydrogen) atoms. The number of halogens is 1. The van der Waals surface area contributed by atoms with Crippen molar-refractivity contribution in [3.63, 3.8) is 0 Å². The van der Waals surface area contributed by atoms with E-state index in [1.807, 2.05) is 13.8 Å². The quantitative estimate of drug-likeness (QED) is 0.806. The van der Waals surface area contributed by atoms with E-state index in [1.165, 1.54) is 0 Å². The second-order valence-electron chi connectivity index (χ2n) is 5.32. The van der Waals surface area contributed by atoms with Gasteiger partial charge < -0.3 is 0 Å². The Kier molecular flexibility index (Phi) is 5.39. The molecular formula is C14H18ClNO2S. The van der Waals surface area contributed by atoms with E-state index in [4.69, 9.17) is 16.9 Å². The number of nitriles is 1. The summed E-state index contributed by atoms with van der Waals surface area (Å²) in [5.74, 6) is 0.137. The maximum absolute atomic E-state index is 11.9. The molecule has 0 saturated heterocycles. The third-order valence-corrected chi connectivity index (χ3v) is 4.80. The lowest BCUT2D eigenvalue weighted by molar-refractivity contribution is 0.445. The van der Waals surface area contributed by atoms with Crippen molar-refractivity contribution in [3.8, 4) is 6.07 Å². The summed E-state index contributed by atoms with van der Waals surface area (Å²) < 4.78 is 23.9. The summed E-state index contributed by atoms with van der Waals surface area (Å²) in [4.78, 5) is 0. The summed E-state index contributed by atoms with van der Waals surface area (Å²) in [6.07, 6.45) is 1.10. The highest BCUT2D eigenvalue weighted by atomic mass is 35.5. The Bertz CT molecular complexity index is 556. The molecule has 0 atom stereocenters. The molecule has 0 aromatic heterocycles. The first-order chi connectivity index (χ1) is 8.74. The standard InChI is InChI=1S/C14H18ClNO2S/c1-14(2,11-16)8-3-9-19(17,18)10-12-4-6-13(15)7-5-12/h4-7H,3,8-10H2,1-2H3. The lowest BCUT2D eigenvalue weighted by Crippen LogP contribution is -2.14. The minimum atomic E-state index is -3.13. The minimum Gasteiger partial charge on any atom is -0.228 e. The second-order valence-corrected chi connectivity index (χ2v) is 7.94. The molecule has 0 aliphatic heterocycles. The molecular weight excluding hydrogens is 282 g/mol. The van der Waals surface area contributed by atoms with Gasteiger partial charge in [-0.05, 0) is 44.4 Å². The van der Waals surface area contributed by atoms with Gasteiger partial charge >= 0.3 is 0 Å². The van der Waals surface area contributed by atoms with Crippen LogP contribution in [0.15, 0.2) is 24.3 Å². The van der Waals surface area contributed by atoms with Crippen LogP contribution in [0.5, 0.6) is 0 Å². The summed E-state index contributed by atoms with van der Waals surface area (Å²) in [7, 11) is -3.13. The van der Waals surface area contributed by atoms with Crippen molar-refractivity contribution in [1.82, 2.24) is 0 Å². The number of rotatable bonds is 6. The summed E-state index contributed by atoms with van der Waals surface area (Å²) in [6, 6.07) is 8.99. The van der Waals surface area contributed by atoms with Crippen molar-refractivity contribution < 1.29 is 8.42 Å². The van der Waals surface area contributed by atoms with Gasteiger partial charge in [0.2, 0.25) is 0 Å². The molecule has 1 aromatic rings. The van der Waals surface area contributed by atoms with Crippen molar-refractivity contribution in [1.29, 1.82) is 5.26 Å². The van der Waals surface area contributed by atoms with E-state index in [-0.39, 0.29) is 11.5 Å². The highest BCUT2D eigenvalue weighted by Gasteiger charge is 2.19. The molecule has 0 aliphatic rings. The van der Waals surface area contributed by atoms with E-state index < -0.39 is 15.3 Å². The summed E-state index contributed by atoms with van der Waals surface area (Å²) >= 11 is 5.75. The van der Waals surface area contributed by atoms with Gasteiger partial charge in [-0.25, -0.2) is 8.42 Å². The lowest BCUT2D eigenvalue weighted by atomic mass is 9.90. The molecule has 1 rings (SSSR count). The van der Waals surface area contributed by atoms with Crippen LogP contribution in [0.4, 0.5) is 0 Å². The van der Waals surface area contributed by atoms with Crippen molar-refractivity contribution in [3.05, 3.63) is 34.9 Å². The van der Waals surface area contributed by atoms with Crippen LogP contribution in [0.25, 0.3) is 0 Å². The average molecular weight is 300 g/mol. The van der Waals surface area contributed by atoms with Crippen LogP contribution in [0.1, 0.15) is 32.3 Å². The molecule has 0 spiro atoms. The maximum Gasteiger partial charge on any atom is 0.154 e. The smallest absolute Gasteiger partial charge is 0.154 e. The SMILES string of the molecule is CC(C)(C#N)CCCS(=O)(=O)Cc1ccc(Cl)cc1. The number of nitrogens with zero attached hydrogens (tertiary/aromatic N) is 1. The third kappa shape index (κ3) is 6.09. The van der Waals surface area contributed by atoms with E-state index >= 15 is 0 Å². The van der Waals surface area contributed by atoms with Crippen LogP contribution < -0.4 is 0 Å². The molecule has 0 heterocycles. The largest absolute Gasteiger partial charge is 0.228 e. The first-order valence-electron chi connectivity index (χ1n) is 6.10. The van der Waals surface area contributed by atoms with Crippen LogP contribution in [0.2, 0.25) is 5.02 Å². The third-order valence-electron chi connectivity index (χ3n) is 2.86. The Balaban J connectivity index is 2.54. The maximum atomic E-state index is 11.9. The molecule has 1 aromatic carbocycles. The predicted octanol–water partition coefficient (Wildman–Crippen LogP) is 3.58. The van der Waals surface area contributed by atoms with Crippen LogP contribution in [0.3, 0.4) is 0 Å². The topological polar surface area (TPSA) is 57.9 Å². The highest BCUT2D eigenvalue weighted by Crippen LogP contribution is 2.21. The number of hydrogen-bond acceptors (Lipinski definition) is 3. The zero-order chi connectivity index (χ0) is 14.5. The van der Waals surface area contributed by atoms with Crippen LogP contribution in [-0.4, -0.2) is 14.2 Å². The molecule has 0 unspecified atom stereocenters. The van der Waals surface area contributed by atoms with Gasteiger partial charge in [0.15, 0.2) is 9.84 Å². The summed E-state index contributed by atoms with van der Waals surface area (Å²) in [5.41, 5.74) is 0.277. The Morgan fingerprint density at radius 2 is 1.84 bits per heavy atom. The first kappa shape index (κ1) is 16.0. The highest BCUT2D eigenvalue weighted by molar-refractivity contribution is 7.90. The van der Waals surface area contributed by atoms with E-state index in [1.54, 1.807) is 24.3 Å². The first-order valence-corrected chi connectivity index (χ1v) is 8.30.